The molecule has 6 heteroatoms. The molecule has 0 aromatic heterocycles. The van der Waals surface area contributed by atoms with Crippen LogP contribution in [-0.4, -0.2) is 71.2 Å². The molecule has 6 nitrogen and oxygen atoms in total. The molecule has 0 bridgehead atoms. The lowest BCUT2D eigenvalue weighted by Crippen LogP contribution is -2.53. The minimum atomic E-state index is -0.207. The van der Waals surface area contributed by atoms with Crippen molar-refractivity contribution < 1.29 is 19.1 Å². The summed E-state index contributed by atoms with van der Waals surface area (Å²) in [5.74, 6) is 0.145. The zero-order valence-electron chi connectivity index (χ0n) is 17.3. The van der Waals surface area contributed by atoms with Crippen LogP contribution in [0.4, 0.5) is 0 Å². The molecule has 2 amide bonds. The molecule has 0 spiro atoms. The molecule has 0 radical (unpaired) electrons. The summed E-state index contributed by atoms with van der Waals surface area (Å²) >= 11 is 0. The minimum Gasteiger partial charge on any atom is -0.375 e. The highest BCUT2D eigenvalue weighted by Crippen LogP contribution is 2.29. The van der Waals surface area contributed by atoms with Gasteiger partial charge in [0.25, 0.3) is 0 Å². The van der Waals surface area contributed by atoms with Crippen LogP contribution in [0.3, 0.4) is 0 Å². The lowest BCUT2D eigenvalue weighted by Gasteiger charge is -2.44. The van der Waals surface area contributed by atoms with Crippen LogP contribution in [-0.2, 0) is 19.1 Å². The number of nitrogens with zero attached hydrogens (tertiary/aromatic N) is 2. The third kappa shape index (κ3) is 5.68. The largest absolute Gasteiger partial charge is 0.375 e. The molecule has 26 heavy (non-hydrogen) atoms. The molecule has 0 aromatic carbocycles. The molecule has 2 saturated heterocycles. The van der Waals surface area contributed by atoms with Crippen LogP contribution >= 0.6 is 0 Å². The quantitative estimate of drug-likeness (QED) is 0.748. The predicted octanol–water partition coefficient (Wildman–Crippen LogP) is 2.60. The van der Waals surface area contributed by atoms with E-state index in [-0.39, 0.29) is 35.1 Å². The summed E-state index contributed by atoms with van der Waals surface area (Å²) < 4.78 is 11.6. The molecule has 0 aliphatic carbocycles. The molecule has 2 heterocycles. The normalized spacial score (nSPS) is 27.6. The van der Waals surface area contributed by atoms with Crippen LogP contribution in [0.2, 0.25) is 0 Å². The van der Waals surface area contributed by atoms with Gasteiger partial charge in [0.05, 0.1) is 11.2 Å². The fraction of sp³-hybridized carbons (Fsp3) is 0.900. The Morgan fingerprint density at radius 3 is 1.42 bits per heavy atom. The van der Waals surface area contributed by atoms with E-state index in [4.69, 9.17) is 9.47 Å². The lowest BCUT2D eigenvalue weighted by atomic mass is 9.92. The maximum absolute atomic E-state index is 12.3. The first-order chi connectivity index (χ1) is 12.0. The minimum absolute atomic E-state index is 0.0727. The number of hydrogen-bond donors (Lipinski definition) is 0. The number of carbonyl (C=O) groups is 2. The standard InChI is InChI=1S/C20H36N2O4/c1-15(23)21(17-7-11-25-19(3,4)13-17)9-10-22(16(2)24)18-8-12-26-20(5,6)14-18/h17-18H,7-14H2,1-6H3. The molecule has 0 saturated carbocycles. The Morgan fingerprint density at radius 1 is 0.808 bits per heavy atom. The van der Waals surface area contributed by atoms with Gasteiger partial charge in [-0.2, -0.15) is 0 Å². The topological polar surface area (TPSA) is 59.1 Å². The van der Waals surface area contributed by atoms with Gasteiger partial charge in [0.2, 0.25) is 11.8 Å². The Hall–Kier alpha value is -1.14. The molecule has 150 valence electrons. The van der Waals surface area contributed by atoms with Gasteiger partial charge >= 0.3 is 0 Å². The first kappa shape index (κ1) is 21.2. The van der Waals surface area contributed by atoms with Crippen LogP contribution < -0.4 is 0 Å². The third-order valence-corrected chi connectivity index (χ3v) is 5.61. The summed E-state index contributed by atoms with van der Waals surface area (Å²) in [5.41, 5.74) is -0.413. The van der Waals surface area contributed by atoms with Crippen molar-refractivity contribution in [1.82, 2.24) is 9.80 Å². The summed E-state index contributed by atoms with van der Waals surface area (Å²) in [5, 5.41) is 0. The summed E-state index contributed by atoms with van der Waals surface area (Å²) in [6.07, 6.45) is 3.37. The number of amides is 2. The number of ether oxygens (including phenoxy) is 2. The molecule has 2 atom stereocenters. The van der Waals surface area contributed by atoms with E-state index >= 15 is 0 Å². The summed E-state index contributed by atoms with van der Waals surface area (Å²) in [6.45, 7) is 14.0. The second-order valence-electron chi connectivity index (χ2n) is 8.93. The highest BCUT2D eigenvalue weighted by Gasteiger charge is 2.36. The Bertz CT molecular complexity index is 472. The van der Waals surface area contributed by atoms with Crippen LogP contribution in [0.15, 0.2) is 0 Å². The van der Waals surface area contributed by atoms with Gasteiger partial charge in [0.1, 0.15) is 0 Å². The molecule has 2 fully saturated rings. The van der Waals surface area contributed by atoms with Crippen LogP contribution in [0, 0.1) is 0 Å². The monoisotopic (exact) mass is 368 g/mol. The van der Waals surface area contributed by atoms with Crippen LogP contribution in [0.25, 0.3) is 0 Å². The zero-order valence-corrected chi connectivity index (χ0v) is 17.3. The second-order valence-corrected chi connectivity index (χ2v) is 8.93. The van der Waals surface area contributed by atoms with E-state index in [9.17, 15) is 9.59 Å². The molecule has 0 N–H and O–H groups in total. The van der Waals surface area contributed by atoms with Crippen molar-refractivity contribution in [3.63, 3.8) is 0 Å². The van der Waals surface area contributed by atoms with E-state index in [2.05, 4.69) is 27.7 Å². The predicted molar refractivity (Wildman–Crippen MR) is 101 cm³/mol. The fourth-order valence-electron chi connectivity index (χ4n) is 4.34. The van der Waals surface area contributed by atoms with Gasteiger partial charge in [-0.05, 0) is 53.4 Å². The number of hydrogen-bond acceptors (Lipinski definition) is 4. The average molecular weight is 369 g/mol. The second kappa shape index (κ2) is 8.26. The van der Waals surface area contributed by atoms with Crippen LogP contribution in [0.5, 0.6) is 0 Å². The van der Waals surface area contributed by atoms with Crippen molar-refractivity contribution in [3.8, 4) is 0 Å². The molecule has 2 rings (SSSR count). The van der Waals surface area contributed by atoms with E-state index in [1.807, 2.05) is 9.80 Å². The molecular formula is C20H36N2O4. The van der Waals surface area contributed by atoms with Crippen molar-refractivity contribution in [3.05, 3.63) is 0 Å². The molecule has 0 aromatic rings. The van der Waals surface area contributed by atoms with Gasteiger partial charge in [-0.25, -0.2) is 0 Å². The smallest absolute Gasteiger partial charge is 0.219 e. The summed E-state index contributed by atoms with van der Waals surface area (Å²) in [4.78, 5) is 28.4. The lowest BCUT2D eigenvalue weighted by molar-refractivity contribution is -0.144. The van der Waals surface area contributed by atoms with Crippen molar-refractivity contribution in [2.45, 2.75) is 90.5 Å². The van der Waals surface area contributed by atoms with Crippen molar-refractivity contribution in [2.75, 3.05) is 26.3 Å². The third-order valence-electron chi connectivity index (χ3n) is 5.61. The van der Waals surface area contributed by atoms with Gasteiger partial charge in [0.15, 0.2) is 0 Å². The van der Waals surface area contributed by atoms with Gasteiger partial charge in [-0.1, -0.05) is 0 Å². The molecular weight excluding hydrogens is 332 g/mol. The van der Waals surface area contributed by atoms with Gasteiger partial charge < -0.3 is 19.3 Å². The van der Waals surface area contributed by atoms with E-state index in [1.165, 1.54) is 0 Å². The number of carbonyl (C=O) groups excluding carboxylic acids is 2. The van der Waals surface area contributed by atoms with Gasteiger partial charge in [-0.15, -0.1) is 0 Å². The average Bonchev–Trinajstić information content (AvgIpc) is 2.48. The Morgan fingerprint density at radius 2 is 1.15 bits per heavy atom. The highest BCUT2D eigenvalue weighted by molar-refractivity contribution is 5.75. The highest BCUT2D eigenvalue weighted by atomic mass is 16.5. The van der Waals surface area contributed by atoms with Crippen molar-refractivity contribution >= 4 is 11.8 Å². The molecule has 2 aliphatic rings. The van der Waals surface area contributed by atoms with Crippen molar-refractivity contribution in [2.24, 2.45) is 0 Å². The van der Waals surface area contributed by atoms with E-state index in [0.29, 0.717) is 26.3 Å². The SMILES string of the molecule is CC(=O)N(CCN(C(C)=O)C1CCOC(C)(C)C1)C1CCOC(C)(C)C1. The van der Waals surface area contributed by atoms with Gasteiger partial charge in [-0.3, -0.25) is 9.59 Å². The number of rotatable bonds is 5. The summed E-state index contributed by atoms with van der Waals surface area (Å²) in [7, 11) is 0. The van der Waals surface area contributed by atoms with E-state index in [1.54, 1.807) is 13.8 Å². The Labute approximate surface area is 158 Å². The van der Waals surface area contributed by atoms with Crippen LogP contribution in [0.1, 0.15) is 67.2 Å². The Kier molecular flexibility index (Phi) is 6.72. The Balaban J connectivity index is 2.03. The maximum atomic E-state index is 12.3. The molecule has 2 unspecified atom stereocenters. The van der Waals surface area contributed by atoms with E-state index < -0.39 is 0 Å². The fourth-order valence-corrected chi connectivity index (χ4v) is 4.34. The summed E-state index contributed by atoms with van der Waals surface area (Å²) in [6, 6.07) is 0.354. The zero-order chi connectivity index (χ0) is 19.5. The van der Waals surface area contributed by atoms with Gasteiger partial charge in [0, 0.05) is 52.2 Å². The first-order valence-electron chi connectivity index (χ1n) is 9.83. The van der Waals surface area contributed by atoms with Crippen molar-refractivity contribution in [1.29, 1.82) is 0 Å². The first-order valence-corrected chi connectivity index (χ1v) is 9.83. The maximum Gasteiger partial charge on any atom is 0.219 e. The molecule has 2 aliphatic heterocycles. The van der Waals surface area contributed by atoms with E-state index in [0.717, 1.165) is 25.7 Å².